The fourth-order valence-electron chi connectivity index (χ4n) is 3.17. The van der Waals surface area contributed by atoms with Crippen LogP contribution >= 0.6 is 15.9 Å². The molecule has 0 bridgehead atoms. The monoisotopic (exact) mass is 458 g/mol. The SMILES string of the molecule is O=S(=O)(c1ccc(Br)cc1)N1CCN(c2ccc(-c3ccccc3)nn2)CC1. The Labute approximate surface area is 173 Å². The molecular weight excluding hydrogens is 440 g/mol. The van der Waals surface area contributed by atoms with Gasteiger partial charge in [0.25, 0.3) is 0 Å². The van der Waals surface area contributed by atoms with Gasteiger partial charge in [0.15, 0.2) is 5.82 Å². The van der Waals surface area contributed by atoms with Gasteiger partial charge in [-0.15, -0.1) is 10.2 Å². The summed E-state index contributed by atoms with van der Waals surface area (Å²) in [5, 5.41) is 8.66. The third-order valence-corrected chi connectivity index (χ3v) is 7.18. The molecule has 0 N–H and O–H groups in total. The van der Waals surface area contributed by atoms with Crippen LogP contribution in [0.4, 0.5) is 5.82 Å². The predicted molar refractivity (Wildman–Crippen MR) is 113 cm³/mol. The third kappa shape index (κ3) is 3.94. The lowest BCUT2D eigenvalue weighted by Gasteiger charge is -2.34. The van der Waals surface area contributed by atoms with Crippen LogP contribution in [0.25, 0.3) is 11.3 Å². The number of piperazine rings is 1. The van der Waals surface area contributed by atoms with Crippen LogP contribution in [0.15, 0.2) is 76.1 Å². The van der Waals surface area contributed by atoms with Gasteiger partial charge in [-0.2, -0.15) is 4.31 Å². The molecule has 6 nitrogen and oxygen atoms in total. The summed E-state index contributed by atoms with van der Waals surface area (Å²) in [4.78, 5) is 2.38. The van der Waals surface area contributed by atoms with E-state index in [2.05, 4.69) is 31.0 Å². The Hall–Kier alpha value is -2.29. The molecule has 4 rings (SSSR count). The first-order valence-electron chi connectivity index (χ1n) is 8.94. The Morgan fingerprint density at radius 2 is 1.46 bits per heavy atom. The highest BCUT2D eigenvalue weighted by atomic mass is 79.9. The molecule has 0 amide bonds. The Kier molecular flexibility index (Phi) is 5.43. The first kappa shape index (κ1) is 19.0. The quantitative estimate of drug-likeness (QED) is 0.598. The maximum atomic E-state index is 12.8. The average Bonchev–Trinajstić information content (AvgIpc) is 2.75. The van der Waals surface area contributed by atoms with Crippen LogP contribution in [-0.4, -0.2) is 49.1 Å². The molecule has 0 atom stereocenters. The average molecular weight is 459 g/mol. The molecule has 28 heavy (non-hydrogen) atoms. The normalized spacial score (nSPS) is 15.5. The van der Waals surface area contributed by atoms with Crippen LogP contribution in [0.2, 0.25) is 0 Å². The second-order valence-electron chi connectivity index (χ2n) is 6.49. The van der Waals surface area contributed by atoms with Crippen LogP contribution < -0.4 is 4.90 Å². The van der Waals surface area contributed by atoms with Gasteiger partial charge in [-0.1, -0.05) is 46.3 Å². The molecule has 0 aliphatic carbocycles. The third-order valence-electron chi connectivity index (χ3n) is 4.73. The van der Waals surface area contributed by atoms with E-state index >= 15 is 0 Å². The number of anilines is 1. The highest BCUT2D eigenvalue weighted by molar-refractivity contribution is 9.10. The molecular formula is C20H19BrN4O2S. The van der Waals surface area contributed by atoms with E-state index in [0.29, 0.717) is 31.1 Å². The summed E-state index contributed by atoms with van der Waals surface area (Å²) in [6, 6.07) is 20.5. The number of nitrogens with zero attached hydrogens (tertiary/aromatic N) is 4. The predicted octanol–water partition coefficient (Wildman–Crippen LogP) is 3.42. The second-order valence-corrected chi connectivity index (χ2v) is 9.34. The molecule has 3 aromatic rings. The summed E-state index contributed by atoms with van der Waals surface area (Å²) >= 11 is 3.33. The lowest BCUT2D eigenvalue weighted by atomic mass is 10.1. The van der Waals surface area contributed by atoms with Gasteiger partial charge in [0.05, 0.1) is 10.6 Å². The van der Waals surface area contributed by atoms with Crippen molar-refractivity contribution >= 4 is 31.8 Å². The van der Waals surface area contributed by atoms with Crippen molar-refractivity contribution in [3.8, 4) is 11.3 Å². The van der Waals surface area contributed by atoms with Crippen LogP contribution in [0.5, 0.6) is 0 Å². The maximum absolute atomic E-state index is 12.8. The lowest BCUT2D eigenvalue weighted by Crippen LogP contribution is -2.48. The fraction of sp³-hybridized carbons (Fsp3) is 0.200. The fourth-order valence-corrected chi connectivity index (χ4v) is 4.86. The zero-order valence-electron chi connectivity index (χ0n) is 15.1. The number of halogens is 1. The summed E-state index contributed by atoms with van der Waals surface area (Å²) in [5.74, 6) is 0.764. The maximum Gasteiger partial charge on any atom is 0.243 e. The summed E-state index contributed by atoms with van der Waals surface area (Å²) in [5.41, 5.74) is 1.84. The van der Waals surface area contributed by atoms with Gasteiger partial charge in [0.1, 0.15) is 0 Å². The van der Waals surface area contributed by atoms with Gasteiger partial charge in [-0.05, 0) is 36.4 Å². The standard InChI is InChI=1S/C20H19BrN4O2S/c21-17-6-8-18(9-7-17)28(26,27)25-14-12-24(13-15-25)20-11-10-19(22-23-20)16-4-2-1-3-5-16/h1-11H,12-15H2. The first-order chi connectivity index (χ1) is 13.5. The van der Waals surface area contributed by atoms with Gasteiger partial charge in [-0.25, -0.2) is 8.42 Å². The number of aromatic nitrogens is 2. The lowest BCUT2D eigenvalue weighted by molar-refractivity contribution is 0.383. The first-order valence-corrected chi connectivity index (χ1v) is 11.2. The minimum atomic E-state index is -3.48. The summed E-state index contributed by atoms with van der Waals surface area (Å²) in [6.07, 6.45) is 0. The van der Waals surface area contributed by atoms with Crippen molar-refractivity contribution in [2.24, 2.45) is 0 Å². The molecule has 0 unspecified atom stereocenters. The molecule has 2 heterocycles. The Morgan fingerprint density at radius 3 is 2.07 bits per heavy atom. The summed E-state index contributed by atoms with van der Waals surface area (Å²) < 4.78 is 28.0. The molecule has 2 aromatic carbocycles. The Morgan fingerprint density at radius 1 is 0.786 bits per heavy atom. The zero-order valence-corrected chi connectivity index (χ0v) is 17.5. The smallest absolute Gasteiger partial charge is 0.243 e. The molecule has 1 fully saturated rings. The number of hydrogen-bond acceptors (Lipinski definition) is 5. The van der Waals surface area contributed by atoms with Crippen molar-refractivity contribution in [2.45, 2.75) is 4.90 Å². The zero-order chi connectivity index (χ0) is 19.6. The van der Waals surface area contributed by atoms with E-state index in [1.165, 1.54) is 4.31 Å². The molecule has 1 aliphatic rings. The second kappa shape index (κ2) is 7.98. The molecule has 0 radical (unpaired) electrons. The summed E-state index contributed by atoms with van der Waals surface area (Å²) in [7, 11) is -3.48. The van der Waals surface area contributed by atoms with Crippen LogP contribution in [0, 0.1) is 0 Å². The van der Waals surface area contributed by atoms with Crippen molar-refractivity contribution in [3.05, 3.63) is 71.2 Å². The van der Waals surface area contributed by atoms with Gasteiger partial charge >= 0.3 is 0 Å². The molecule has 1 aromatic heterocycles. The van der Waals surface area contributed by atoms with Crippen LogP contribution in [0.3, 0.4) is 0 Å². The highest BCUT2D eigenvalue weighted by Gasteiger charge is 2.29. The van der Waals surface area contributed by atoms with Gasteiger partial charge < -0.3 is 4.90 Å². The van der Waals surface area contributed by atoms with E-state index in [-0.39, 0.29) is 0 Å². The van der Waals surface area contributed by atoms with Gasteiger partial charge in [0.2, 0.25) is 10.0 Å². The van der Waals surface area contributed by atoms with E-state index < -0.39 is 10.0 Å². The number of benzene rings is 2. The van der Waals surface area contributed by atoms with Gasteiger partial charge in [0, 0.05) is 36.2 Å². The van der Waals surface area contributed by atoms with Crippen LogP contribution in [-0.2, 0) is 10.0 Å². The Bertz CT molecular complexity index is 1030. The van der Waals surface area contributed by atoms with Gasteiger partial charge in [-0.3, -0.25) is 0 Å². The van der Waals surface area contributed by atoms with Crippen molar-refractivity contribution in [1.82, 2.24) is 14.5 Å². The van der Waals surface area contributed by atoms with E-state index in [0.717, 1.165) is 21.5 Å². The van der Waals surface area contributed by atoms with E-state index in [9.17, 15) is 8.42 Å². The minimum absolute atomic E-state index is 0.316. The number of hydrogen-bond donors (Lipinski definition) is 0. The molecule has 0 saturated carbocycles. The van der Waals surface area contributed by atoms with Crippen molar-refractivity contribution < 1.29 is 8.42 Å². The molecule has 8 heteroatoms. The number of rotatable bonds is 4. The van der Waals surface area contributed by atoms with E-state index in [1.807, 2.05) is 42.5 Å². The topological polar surface area (TPSA) is 66.4 Å². The molecule has 144 valence electrons. The molecule has 0 spiro atoms. The summed E-state index contributed by atoms with van der Waals surface area (Å²) in [6.45, 7) is 1.99. The van der Waals surface area contributed by atoms with Crippen molar-refractivity contribution in [1.29, 1.82) is 0 Å². The molecule has 1 saturated heterocycles. The van der Waals surface area contributed by atoms with Crippen LogP contribution in [0.1, 0.15) is 0 Å². The van der Waals surface area contributed by atoms with E-state index in [4.69, 9.17) is 0 Å². The largest absolute Gasteiger partial charge is 0.352 e. The molecule has 1 aliphatic heterocycles. The highest BCUT2D eigenvalue weighted by Crippen LogP contribution is 2.22. The Balaban J connectivity index is 1.43. The van der Waals surface area contributed by atoms with E-state index in [1.54, 1.807) is 24.3 Å². The minimum Gasteiger partial charge on any atom is -0.352 e. The van der Waals surface area contributed by atoms with Crippen molar-refractivity contribution in [2.75, 3.05) is 31.1 Å². The number of sulfonamides is 1. The van der Waals surface area contributed by atoms with Crippen molar-refractivity contribution in [3.63, 3.8) is 0 Å².